The zero-order valence-electron chi connectivity index (χ0n) is 18.3. The number of aryl methyl sites for hydroxylation is 1. The summed E-state index contributed by atoms with van der Waals surface area (Å²) in [5.74, 6) is 2.37. The van der Waals surface area contributed by atoms with Crippen LogP contribution in [0.25, 0.3) is 0 Å². The summed E-state index contributed by atoms with van der Waals surface area (Å²) >= 11 is 0. The molecule has 1 unspecified atom stereocenters. The summed E-state index contributed by atoms with van der Waals surface area (Å²) in [5.41, 5.74) is 2.40. The molecule has 1 amide bonds. The number of hydrogen-bond donors (Lipinski definition) is 2. The van der Waals surface area contributed by atoms with Crippen LogP contribution in [-0.2, 0) is 9.53 Å². The van der Waals surface area contributed by atoms with Crippen molar-refractivity contribution in [2.45, 2.75) is 13.0 Å². The summed E-state index contributed by atoms with van der Waals surface area (Å²) in [4.78, 5) is 23.9. The molecular weight excluding hydrogens is 422 g/mol. The number of fused-ring (bicyclic) bond motifs is 1. The molecular formula is C24H25N5O4. The zero-order valence-corrected chi connectivity index (χ0v) is 18.3. The Labute approximate surface area is 191 Å². The molecule has 0 bridgehead atoms. The molecule has 9 nitrogen and oxygen atoms in total. The lowest BCUT2D eigenvalue weighted by Crippen LogP contribution is -2.40. The Morgan fingerprint density at radius 1 is 1.00 bits per heavy atom. The minimum Gasteiger partial charge on any atom is -0.485 e. The predicted octanol–water partition coefficient (Wildman–Crippen LogP) is 3.14. The van der Waals surface area contributed by atoms with E-state index < -0.39 is 6.10 Å². The molecule has 2 aliphatic rings. The molecule has 5 rings (SSSR count). The van der Waals surface area contributed by atoms with Crippen LogP contribution in [0, 0.1) is 6.92 Å². The molecule has 1 fully saturated rings. The van der Waals surface area contributed by atoms with Gasteiger partial charge < -0.3 is 29.7 Å². The molecule has 2 aliphatic heterocycles. The van der Waals surface area contributed by atoms with E-state index in [0.29, 0.717) is 42.2 Å². The Morgan fingerprint density at radius 2 is 1.73 bits per heavy atom. The molecule has 0 spiro atoms. The molecule has 3 heterocycles. The van der Waals surface area contributed by atoms with Crippen molar-refractivity contribution in [1.29, 1.82) is 0 Å². The molecule has 0 saturated carbocycles. The third-order valence-corrected chi connectivity index (χ3v) is 5.36. The minimum atomic E-state index is -0.708. The van der Waals surface area contributed by atoms with Crippen LogP contribution < -0.4 is 25.0 Å². The SMILES string of the molecule is Cc1cc(Nc2ccc(NC(=O)C3COc4ccccc4O3)cc2)nc(N2CCOCC2)n1. The summed E-state index contributed by atoms with van der Waals surface area (Å²) in [5, 5.41) is 6.19. The highest BCUT2D eigenvalue weighted by Crippen LogP contribution is 2.31. The maximum atomic E-state index is 12.6. The molecule has 2 aromatic carbocycles. The summed E-state index contributed by atoms with van der Waals surface area (Å²) in [7, 11) is 0. The van der Waals surface area contributed by atoms with Gasteiger partial charge >= 0.3 is 0 Å². The molecule has 0 radical (unpaired) electrons. The smallest absolute Gasteiger partial charge is 0.269 e. The molecule has 3 aromatic rings. The van der Waals surface area contributed by atoms with Crippen LogP contribution in [0.2, 0.25) is 0 Å². The van der Waals surface area contributed by atoms with Crippen molar-refractivity contribution in [1.82, 2.24) is 9.97 Å². The summed E-state index contributed by atoms with van der Waals surface area (Å²) in [6.07, 6.45) is -0.708. The number of aromatic nitrogens is 2. The number of amides is 1. The normalized spacial score (nSPS) is 17.4. The number of para-hydroxylation sites is 2. The minimum absolute atomic E-state index is 0.168. The number of morpholine rings is 1. The molecule has 33 heavy (non-hydrogen) atoms. The van der Waals surface area contributed by atoms with Gasteiger partial charge in [0, 0.05) is 36.2 Å². The van der Waals surface area contributed by atoms with Gasteiger partial charge in [0.2, 0.25) is 12.1 Å². The van der Waals surface area contributed by atoms with Gasteiger partial charge in [-0.15, -0.1) is 0 Å². The van der Waals surface area contributed by atoms with Crippen molar-refractivity contribution in [2.75, 3.05) is 48.4 Å². The highest BCUT2D eigenvalue weighted by atomic mass is 16.6. The number of rotatable bonds is 5. The maximum Gasteiger partial charge on any atom is 0.269 e. The Morgan fingerprint density at radius 3 is 2.52 bits per heavy atom. The molecule has 9 heteroatoms. The maximum absolute atomic E-state index is 12.6. The van der Waals surface area contributed by atoms with Crippen LogP contribution in [0.4, 0.5) is 23.1 Å². The van der Waals surface area contributed by atoms with Crippen LogP contribution in [0.3, 0.4) is 0 Å². The molecule has 1 saturated heterocycles. The Bertz CT molecular complexity index is 1130. The van der Waals surface area contributed by atoms with Gasteiger partial charge in [0.25, 0.3) is 5.91 Å². The molecule has 170 valence electrons. The van der Waals surface area contributed by atoms with E-state index in [9.17, 15) is 4.79 Å². The van der Waals surface area contributed by atoms with Crippen LogP contribution >= 0.6 is 0 Å². The van der Waals surface area contributed by atoms with E-state index in [2.05, 4.69) is 25.5 Å². The first-order valence-corrected chi connectivity index (χ1v) is 10.9. The lowest BCUT2D eigenvalue weighted by atomic mass is 10.2. The molecule has 0 aliphatic carbocycles. The lowest BCUT2D eigenvalue weighted by Gasteiger charge is -2.27. The van der Waals surface area contributed by atoms with E-state index >= 15 is 0 Å². The highest BCUT2D eigenvalue weighted by Gasteiger charge is 2.27. The number of anilines is 4. The first kappa shape index (κ1) is 21.0. The second kappa shape index (κ2) is 9.33. The van der Waals surface area contributed by atoms with Crippen LogP contribution in [0.5, 0.6) is 11.5 Å². The number of ether oxygens (including phenoxy) is 3. The monoisotopic (exact) mass is 447 g/mol. The lowest BCUT2D eigenvalue weighted by molar-refractivity contribution is -0.125. The summed E-state index contributed by atoms with van der Waals surface area (Å²) in [6, 6.07) is 16.6. The van der Waals surface area contributed by atoms with Gasteiger partial charge in [0.15, 0.2) is 11.5 Å². The fraction of sp³-hybridized carbons (Fsp3) is 0.292. The predicted molar refractivity (Wildman–Crippen MR) is 125 cm³/mol. The van der Waals surface area contributed by atoms with Crippen molar-refractivity contribution in [3.05, 3.63) is 60.3 Å². The van der Waals surface area contributed by atoms with Gasteiger partial charge in [0.1, 0.15) is 12.4 Å². The largest absolute Gasteiger partial charge is 0.485 e. The number of hydrogen-bond acceptors (Lipinski definition) is 8. The highest BCUT2D eigenvalue weighted by molar-refractivity contribution is 5.95. The third kappa shape index (κ3) is 4.98. The van der Waals surface area contributed by atoms with E-state index in [0.717, 1.165) is 24.5 Å². The number of nitrogens with zero attached hydrogens (tertiary/aromatic N) is 3. The topological polar surface area (TPSA) is 97.8 Å². The summed E-state index contributed by atoms with van der Waals surface area (Å²) in [6.45, 7) is 5.03. The standard InChI is InChI=1S/C24H25N5O4/c1-16-14-22(28-24(25-16)29-10-12-31-13-11-29)26-17-6-8-18(9-7-17)27-23(30)21-15-32-19-4-2-3-5-20(19)33-21/h2-9,14,21H,10-13,15H2,1H3,(H,27,30)(H,25,26,28). The Kier molecular flexibility index (Phi) is 5.95. The number of nitrogens with one attached hydrogen (secondary N) is 2. The fourth-order valence-corrected chi connectivity index (χ4v) is 3.68. The summed E-state index contributed by atoms with van der Waals surface area (Å²) < 4.78 is 16.8. The number of carbonyl (C=O) groups is 1. The van der Waals surface area contributed by atoms with Gasteiger partial charge in [-0.1, -0.05) is 12.1 Å². The van der Waals surface area contributed by atoms with Gasteiger partial charge in [0.05, 0.1) is 13.2 Å². The van der Waals surface area contributed by atoms with Gasteiger partial charge in [-0.05, 0) is 43.3 Å². The average molecular weight is 447 g/mol. The van der Waals surface area contributed by atoms with Crippen molar-refractivity contribution < 1.29 is 19.0 Å². The fourth-order valence-electron chi connectivity index (χ4n) is 3.68. The molecule has 1 aromatic heterocycles. The van der Waals surface area contributed by atoms with Crippen LogP contribution in [0.15, 0.2) is 54.6 Å². The van der Waals surface area contributed by atoms with E-state index in [1.807, 2.05) is 55.5 Å². The van der Waals surface area contributed by atoms with Crippen molar-refractivity contribution >= 4 is 29.0 Å². The first-order chi connectivity index (χ1) is 16.1. The van der Waals surface area contributed by atoms with Crippen molar-refractivity contribution in [3.63, 3.8) is 0 Å². The van der Waals surface area contributed by atoms with Gasteiger partial charge in [-0.2, -0.15) is 4.98 Å². The number of carbonyl (C=O) groups excluding carboxylic acids is 1. The average Bonchev–Trinajstić information content (AvgIpc) is 2.85. The molecule has 2 N–H and O–H groups in total. The van der Waals surface area contributed by atoms with Crippen LogP contribution in [0.1, 0.15) is 5.69 Å². The Hall–Kier alpha value is -3.85. The van der Waals surface area contributed by atoms with E-state index in [-0.39, 0.29) is 12.5 Å². The van der Waals surface area contributed by atoms with Crippen molar-refractivity contribution in [2.24, 2.45) is 0 Å². The zero-order chi connectivity index (χ0) is 22.6. The van der Waals surface area contributed by atoms with E-state index in [1.165, 1.54) is 0 Å². The van der Waals surface area contributed by atoms with E-state index in [1.54, 1.807) is 6.07 Å². The van der Waals surface area contributed by atoms with Gasteiger partial charge in [-0.25, -0.2) is 4.98 Å². The second-order valence-corrected chi connectivity index (χ2v) is 7.85. The second-order valence-electron chi connectivity index (χ2n) is 7.85. The first-order valence-electron chi connectivity index (χ1n) is 10.9. The van der Waals surface area contributed by atoms with Crippen molar-refractivity contribution in [3.8, 4) is 11.5 Å². The number of benzene rings is 2. The van der Waals surface area contributed by atoms with Gasteiger partial charge in [-0.3, -0.25) is 4.79 Å². The third-order valence-electron chi connectivity index (χ3n) is 5.36. The quantitative estimate of drug-likeness (QED) is 0.616. The molecule has 1 atom stereocenters. The van der Waals surface area contributed by atoms with E-state index in [4.69, 9.17) is 14.2 Å². The Balaban J connectivity index is 1.21. The van der Waals surface area contributed by atoms with Crippen LogP contribution in [-0.4, -0.2) is 54.9 Å².